The number of rotatable bonds is 6. The maximum atomic E-state index is 12.3. The molecule has 0 radical (unpaired) electrons. The Balaban J connectivity index is 1.39. The molecule has 2 fully saturated rings. The largest absolute Gasteiger partial charge is 0.355 e. The fourth-order valence-electron chi connectivity index (χ4n) is 3.48. The quantitative estimate of drug-likeness (QED) is 0.644. The van der Waals surface area contributed by atoms with E-state index in [1.54, 1.807) is 11.8 Å². The van der Waals surface area contributed by atoms with E-state index in [-0.39, 0.29) is 17.7 Å². The summed E-state index contributed by atoms with van der Waals surface area (Å²) in [7, 11) is 0. The first-order valence-electron chi connectivity index (χ1n) is 8.49. The monoisotopic (exact) mass is 332 g/mol. The second-order valence-corrected chi connectivity index (χ2v) is 7.51. The van der Waals surface area contributed by atoms with Gasteiger partial charge < -0.3 is 10.2 Å². The summed E-state index contributed by atoms with van der Waals surface area (Å²) in [5.74, 6) is 0.885. The van der Waals surface area contributed by atoms with Gasteiger partial charge in [0.1, 0.15) is 0 Å². The van der Waals surface area contributed by atoms with Crippen LogP contribution in [0.3, 0.4) is 0 Å². The van der Waals surface area contributed by atoms with Gasteiger partial charge in [-0.1, -0.05) is 31.0 Å². The van der Waals surface area contributed by atoms with Gasteiger partial charge >= 0.3 is 0 Å². The van der Waals surface area contributed by atoms with E-state index in [0.717, 1.165) is 18.6 Å². The maximum Gasteiger partial charge on any atom is 0.225 e. The Kier molecular flexibility index (Phi) is 5.60. The van der Waals surface area contributed by atoms with Crippen molar-refractivity contribution in [2.24, 2.45) is 5.92 Å². The van der Waals surface area contributed by atoms with Crippen molar-refractivity contribution in [2.45, 2.75) is 43.0 Å². The van der Waals surface area contributed by atoms with Crippen LogP contribution in [-0.4, -0.2) is 41.6 Å². The molecule has 1 heterocycles. The van der Waals surface area contributed by atoms with Crippen LogP contribution in [0.15, 0.2) is 35.2 Å². The first kappa shape index (κ1) is 16.4. The van der Waals surface area contributed by atoms with Gasteiger partial charge in [0, 0.05) is 36.2 Å². The average molecular weight is 332 g/mol. The van der Waals surface area contributed by atoms with Crippen molar-refractivity contribution in [1.82, 2.24) is 10.2 Å². The maximum absolute atomic E-state index is 12.3. The average Bonchev–Trinajstić information content (AvgIpc) is 3.21. The van der Waals surface area contributed by atoms with E-state index in [0.29, 0.717) is 25.6 Å². The summed E-state index contributed by atoms with van der Waals surface area (Å²) in [6.45, 7) is 1.26. The predicted molar refractivity (Wildman–Crippen MR) is 92.3 cm³/mol. The molecule has 23 heavy (non-hydrogen) atoms. The van der Waals surface area contributed by atoms with E-state index in [4.69, 9.17) is 0 Å². The van der Waals surface area contributed by atoms with Crippen molar-refractivity contribution in [1.29, 1.82) is 0 Å². The molecule has 2 amide bonds. The van der Waals surface area contributed by atoms with E-state index in [2.05, 4.69) is 17.4 Å². The van der Waals surface area contributed by atoms with Crippen LogP contribution in [0.2, 0.25) is 0 Å². The Labute approximate surface area is 142 Å². The van der Waals surface area contributed by atoms with Crippen molar-refractivity contribution < 1.29 is 9.59 Å². The zero-order valence-electron chi connectivity index (χ0n) is 13.4. The highest BCUT2D eigenvalue weighted by Gasteiger charge is 2.38. The van der Waals surface area contributed by atoms with E-state index >= 15 is 0 Å². The Morgan fingerprint density at radius 3 is 2.70 bits per heavy atom. The van der Waals surface area contributed by atoms with Crippen molar-refractivity contribution in [2.75, 3.05) is 18.8 Å². The predicted octanol–water partition coefficient (Wildman–Crippen LogP) is 2.69. The number of carbonyl (C=O) groups excluding carboxylic acids is 2. The molecule has 5 heteroatoms. The van der Waals surface area contributed by atoms with Gasteiger partial charge in [-0.25, -0.2) is 0 Å². The minimum atomic E-state index is -0.162. The molecule has 0 spiro atoms. The summed E-state index contributed by atoms with van der Waals surface area (Å²) in [4.78, 5) is 27.6. The van der Waals surface area contributed by atoms with E-state index in [1.807, 2.05) is 23.1 Å². The number of carbonyl (C=O) groups is 2. The SMILES string of the molecule is O=C(NCCSc1ccccc1)C1CC(=O)N(C2CCCC2)C1. The molecule has 1 aromatic carbocycles. The summed E-state index contributed by atoms with van der Waals surface area (Å²) in [5.41, 5.74) is 0. The van der Waals surface area contributed by atoms with Crippen LogP contribution < -0.4 is 5.32 Å². The summed E-state index contributed by atoms with van der Waals surface area (Å²) < 4.78 is 0. The molecular weight excluding hydrogens is 308 g/mol. The molecule has 3 rings (SSSR count). The highest BCUT2D eigenvalue weighted by atomic mass is 32.2. The number of likely N-dealkylation sites (tertiary alicyclic amines) is 1. The zero-order valence-corrected chi connectivity index (χ0v) is 14.2. The third-order valence-corrected chi connectivity index (χ3v) is 5.72. The van der Waals surface area contributed by atoms with Gasteiger partial charge in [-0.15, -0.1) is 11.8 Å². The van der Waals surface area contributed by atoms with Crippen LogP contribution in [0.25, 0.3) is 0 Å². The van der Waals surface area contributed by atoms with Crippen molar-refractivity contribution in [3.63, 3.8) is 0 Å². The smallest absolute Gasteiger partial charge is 0.225 e. The molecule has 4 nitrogen and oxygen atoms in total. The Morgan fingerprint density at radius 2 is 1.96 bits per heavy atom. The number of thioether (sulfide) groups is 1. The van der Waals surface area contributed by atoms with E-state index in [1.165, 1.54) is 17.7 Å². The molecule has 1 aliphatic carbocycles. The van der Waals surface area contributed by atoms with Crippen LogP contribution in [0, 0.1) is 5.92 Å². The normalized spacial score (nSPS) is 21.8. The van der Waals surface area contributed by atoms with Gasteiger partial charge in [-0.2, -0.15) is 0 Å². The molecule has 1 atom stereocenters. The van der Waals surface area contributed by atoms with Crippen molar-refractivity contribution in [3.05, 3.63) is 30.3 Å². The van der Waals surface area contributed by atoms with Gasteiger partial charge in [0.05, 0.1) is 5.92 Å². The van der Waals surface area contributed by atoms with Gasteiger partial charge in [-0.3, -0.25) is 9.59 Å². The second-order valence-electron chi connectivity index (χ2n) is 6.34. The lowest BCUT2D eigenvalue weighted by Gasteiger charge is -2.23. The summed E-state index contributed by atoms with van der Waals surface area (Å²) in [6, 6.07) is 10.6. The van der Waals surface area contributed by atoms with Crippen LogP contribution >= 0.6 is 11.8 Å². The Hall–Kier alpha value is -1.49. The molecule has 1 unspecified atom stereocenters. The fraction of sp³-hybridized carbons (Fsp3) is 0.556. The molecule has 0 aromatic heterocycles. The molecule has 124 valence electrons. The van der Waals surface area contributed by atoms with Crippen LogP contribution in [0.5, 0.6) is 0 Å². The second kappa shape index (κ2) is 7.86. The zero-order chi connectivity index (χ0) is 16.1. The van der Waals surface area contributed by atoms with Gasteiger partial charge in [0.15, 0.2) is 0 Å². The fourth-order valence-corrected chi connectivity index (χ4v) is 4.27. The highest BCUT2D eigenvalue weighted by Crippen LogP contribution is 2.29. The standard InChI is InChI=1S/C18H24N2O2S/c21-17-12-14(13-20(17)15-6-4-5-7-15)18(22)19-10-11-23-16-8-2-1-3-9-16/h1-3,8-9,14-15H,4-7,10-13H2,(H,19,22). The topological polar surface area (TPSA) is 49.4 Å². The Bertz CT molecular complexity index is 543. The number of amides is 2. The van der Waals surface area contributed by atoms with Gasteiger partial charge in [0.2, 0.25) is 11.8 Å². The highest BCUT2D eigenvalue weighted by molar-refractivity contribution is 7.99. The molecule has 0 bridgehead atoms. The summed E-state index contributed by atoms with van der Waals surface area (Å²) in [6.07, 6.45) is 5.01. The van der Waals surface area contributed by atoms with Crippen LogP contribution in [-0.2, 0) is 9.59 Å². The van der Waals surface area contributed by atoms with E-state index < -0.39 is 0 Å². The third-order valence-electron chi connectivity index (χ3n) is 4.71. The lowest BCUT2D eigenvalue weighted by Crippen LogP contribution is -2.37. The van der Waals surface area contributed by atoms with Crippen molar-refractivity contribution >= 4 is 23.6 Å². The number of benzene rings is 1. The molecule has 1 N–H and O–H groups in total. The molecule has 1 saturated heterocycles. The van der Waals surface area contributed by atoms with Crippen molar-refractivity contribution in [3.8, 4) is 0 Å². The van der Waals surface area contributed by atoms with Gasteiger partial charge in [0.25, 0.3) is 0 Å². The summed E-state index contributed by atoms with van der Waals surface area (Å²) >= 11 is 1.73. The Morgan fingerprint density at radius 1 is 1.22 bits per heavy atom. The molecular formula is C18H24N2O2S. The molecule has 2 aliphatic rings. The first-order valence-corrected chi connectivity index (χ1v) is 9.47. The third kappa shape index (κ3) is 4.28. The van der Waals surface area contributed by atoms with E-state index in [9.17, 15) is 9.59 Å². The molecule has 1 aliphatic heterocycles. The number of hydrogen-bond donors (Lipinski definition) is 1. The number of hydrogen-bond acceptors (Lipinski definition) is 3. The lowest BCUT2D eigenvalue weighted by atomic mass is 10.1. The molecule has 1 aromatic rings. The minimum absolute atomic E-state index is 0.0347. The van der Waals surface area contributed by atoms with Gasteiger partial charge in [-0.05, 0) is 25.0 Å². The minimum Gasteiger partial charge on any atom is -0.355 e. The number of nitrogens with one attached hydrogen (secondary N) is 1. The molecule has 1 saturated carbocycles. The first-order chi connectivity index (χ1) is 11.2. The van der Waals surface area contributed by atoms with Crippen LogP contribution in [0.4, 0.5) is 0 Å². The number of nitrogens with zero attached hydrogens (tertiary/aromatic N) is 1. The van der Waals surface area contributed by atoms with Crippen LogP contribution in [0.1, 0.15) is 32.1 Å². The lowest BCUT2D eigenvalue weighted by molar-refractivity contribution is -0.130. The summed E-state index contributed by atoms with van der Waals surface area (Å²) in [5, 5.41) is 2.99.